The molecule has 124 valence electrons. The molecule has 23 heavy (non-hydrogen) atoms. The van der Waals surface area contributed by atoms with Crippen LogP contribution in [0.15, 0.2) is 24.3 Å². The summed E-state index contributed by atoms with van der Waals surface area (Å²) in [7, 11) is 0. The first kappa shape index (κ1) is 16.3. The first-order valence-electron chi connectivity index (χ1n) is 8.11. The van der Waals surface area contributed by atoms with Crippen molar-refractivity contribution in [3.8, 4) is 0 Å². The Morgan fingerprint density at radius 2 is 1.91 bits per heavy atom. The van der Waals surface area contributed by atoms with Gasteiger partial charge in [-0.2, -0.15) is 0 Å². The Balaban J connectivity index is 1.50. The van der Waals surface area contributed by atoms with Gasteiger partial charge in [-0.05, 0) is 37.8 Å². The Morgan fingerprint density at radius 1 is 1.17 bits per heavy atom. The minimum atomic E-state index is -0.260. The standard InChI is InChI=1S/C17H21ClN2O3/c18-14-5-2-1-4-13(14)16(21)19-12-7-9-20(10-8-12)17(22)15-6-3-11-23-15/h1-2,4-5,12,15H,3,6-11H2,(H,19,21). The number of nitrogens with zero attached hydrogens (tertiary/aromatic N) is 1. The van der Waals surface area contributed by atoms with Crippen LogP contribution < -0.4 is 5.32 Å². The maximum atomic E-state index is 12.3. The van der Waals surface area contributed by atoms with Crippen LogP contribution >= 0.6 is 11.6 Å². The third-order valence-corrected chi connectivity index (χ3v) is 4.80. The molecule has 0 saturated carbocycles. The lowest BCUT2D eigenvalue weighted by Gasteiger charge is -2.33. The zero-order chi connectivity index (χ0) is 16.2. The molecule has 1 unspecified atom stereocenters. The quantitative estimate of drug-likeness (QED) is 0.921. The lowest BCUT2D eigenvalue weighted by atomic mass is 10.0. The summed E-state index contributed by atoms with van der Waals surface area (Å²) in [6, 6.07) is 7.10. The van der Waals surface area contributed by atoms with E-state index in [1.54, 1.807) is 24.3 Å². The SMILES string of the molecule is O=C(NC1CCN(C(=O)C2CCCO2)CC1)c1ccccc1Cl. The van der Waals surface area contributed by atoms with Gasteiger partial charge < -0.3 is 15.0 Å². The second-order valence-corrected chi connectivity index (χ2v) is 6.46. The Kier molecular flexibility index (Phi) is 5.18. The first-order valence-corrected chi connectivity index (χ1v) is 8.49. The monoisotopic (exact) mass is 336 g/mol. The molecule has 3 rings (SSSR count). The molecule has 0 bridgehead atoms. The highest BCUT2D eigenvalue weighted by Gasteiger charge is 2.31. The summed E-state index contributed by atoms with van der Waals surface area (Å²) in [5, 5.41) is 3.47. The van der Waals surface area contributed by atoms with Gasteiger partial charge in [-0.3, -0.25) is 9.59 Å². The minimum Gasteiger partial charge on any atom is -0.368 e. The topological polar surface area (TPSA) is 58.6 Å². The normalized spacial score (nSPS) is 22.1. The van der Waals surface area contributed by atoms with Crippen molar-refractivity contribution in [3.05, 3.63) is 34.9 Å². The number of carbonyl (C=O) groups excluding carboxylic acids is 2. The van der Waals surface area contributed by atoms with E-state index in [9.17, 15) is 9.59 Å². The number of amides is 2. The fraction of sp³-hybridized carbons (Fsp3) is 0.529. The third-order valence-electron chi connectivity index (χ3n) is 4.47. The number of likely N-dealkylation sites (tertiary alicyclic amines) is 1. The molecular formula is C17H21ClN2O3. The lowest BCUT2D eigenvalue weighted by Crippen LogP contribution is -2.49. The summed E-state index contributed by atoms with van der Waals surface area (Å²) in [5.41, 5.74) is 0.493. The fourth-order valence-corrected chi connectivity index (χ4v) is 3.35. The maximum absolute atomic E-state index is 12.3. The van der Waals surface area contributed by atoms with E-state index in [1.807, 2.05) is 4.90 Å². The zero-order valence-electron chi connectivity index (χ0n) is 13.0. The molecule has 0 aliphatic carbocycles. The number of hydrogen-bond donors (Lipinski definition) is 1. The summed E-state index contributed by atoms with van der Waals surface area (Å²) < 4.78 is 5.45. The Morgan fingerprint density at radius 3 is 2.57 bits per heavy atom. The van der Waals surface area contributed by atoms with Crippen LogP contribution in [0, 0.1) is 0 Å². The van der Waals surface area contributed by atoms with Crippen molar-refractivity contribution in [2.24, 2.45) is 0 Å². The van der Waals surface area contributed by atoms with Gasteiger partial charge in [0.05, 0.1) is 10.6 Å². The molecule has 2 aliphatic heterocycles. The van der Waals surface area contributed by atoms with Crippen LogP contribution in [0.1, 0.15) is 36.0 Å². The molecule has 5 nitrogen and oxygen atoms in total. The van der Waals surface area contributed by atoms with Gasteiger partial charge >= 0.3 is 0 Å². The van der Waals surface area contributed by atoms with Crippen molar-refractivity contribution >= 4 is 23.4 Å². The number of nitrogens with one attached hydrogen (secondary N) is 1. The van der Waals surface area contributed by atoms with Crippen molar-refractivity contribution in [3.63, 3.8) is 0 Å². The Labute approximate surface area is 140 Å². The lowest BCUT2D eigenvalue weighted by molar-refractivity contribution is -0.142. The van der Waals surface area contributed by atoms with Gasteiger partial charge in [-0.15, -0.1) is 0 Å². The molecular weight excluding hydrogens is 316 g/mol. The van der Waals surface area contributed by atoms with Gasteiger partial charge in [-0.1, -0.05) is 23.7 Å². The summed E-state index contributed by atoms with van der Waals surface area (Å²) >= 11 is 6.05. The average Bonchev–Trinajstić information content (AvgIpc) is 3.09. The van der Waals surface area contributed by atoms with Gasteiger partial charge in [0.2, 0.25) is 0 Å². The van der Waals surface area contributed by atoms with Crippen molar-refractivity contribution in [1.82, 2.24) is 10.2 Å². The van der Waals surface area contributed by atoms with Crippen LogP contribution in [0.25, 0.3) is 0 Å². The fourth-order valence-electron chi connectivity index (χ4n) is 3.13. The number of rotatable bonds is 3. The molecule has 2 fully saturated rings. The van der Waals surface area contributed by atoms with E-state index in [0.29, 0.717) is 30.3 Å². The smallest absolute Gasteiger partial charge is 0.253 e. The van der Waals surface area contributed by atoms with Crippen LogP contribution in [-0.2, 0) is 9.53 Å². The molecule has 1 aromatic rings. The van der Waals surface area contributed by atoms with Crippen molar-refractivity contribution < 1.29 is 14.3 Å². The summed E-state index contributed by atoms with van der Waals surface area (Å²) in [4.78, 5) is 26.4. The van der Waals surface area contributed by atoms with Gasteiger partial charge in [0.1, 0.15) is 6.10 Å². The van der Waals surface area contributed by atoms with E-state index >= 15 is 0 Å². The van der Waals surface area contributed by atoms with Crippen LogP contribution in [0.2, 0.25) is 5.02 Å². The zero-order valence-corrected chi connectivity index (χ0v) is 13.7. The van der Waals surface area contributed by atoms with Gasteiger partial charge in [-0.25, -0.2) is 0 Å². The maximum Gasteiger partial charge on any atom is 0.253 e. The highest BCUT2D eigenvalue weighted by atomic mass is 35.5. The second-order valence-electron chi connectivity index (χ2n) is 6.05. The van der Waals surface area contributed by atoms with Crippen LogP contribution in [0.4, 0.5) is 0 Å². The van der Waals surface area contributed by atoms with E-state index in [2.05, 4.69) is 5.32 Å². The van der Waals surface area contributed by atoms with Crippen LogP contribution in [0.5, 0.6) is 0 Å². The summed E-state index contributed by atoms with van der Waals surface area (Å²) in [5.74, 6) is -0.0575. The molecule has 6 heteroatoms. The van der Waals surface area contributed by atoms with Gasteiger partial charge in [0.15, 0.2) is 0 Å². The average molecular weight is 337 g/mol. The number of benzene rings is 1. The number of ether oxygens (including phenoxy) is 1. The number of hydrogen-bond acceptors (Lipinski definition) is 3. The molecule has 1 atom stereocenters. The molecule has 2 amide bonds. The largest absolute Gasteiger partial charge is 0.368 e. The molecule has 2 heterocycles. The first-order chi connectivity index (χ1) is 11.1. The molecule has 0 radical (unpaired) electrons. The summed E-state index contributed by atoms with van der Waals surface area (Å²) in [6.45, 7) is 2.00. The number of halogens is 1. The van der Waals surface area contributed by atoms with Crippen molar-refractivity contribution in [1.29, 1.82) is 0 Å². The van der Waals surface area contributed by atoms with Crippen LogP contribution in [-0.4, -0.2) is 48.6 Å². The molecule has 1 aromatic carbocycles. The number of carbonyl (C=O) groups is 2. The Hall–Kier alpha value is -1.59. The molecule has 0 aromatic heterocycles. The predicted octanol–water partition coefficient (Wildman–Crippen LogP) is 2.24. The van der Waals surface area contributed by atoms with E-state index in [0.717, 1.165) is 25.7 Å². The van der Waals surface area contributed by atoms with E-state index < -0.39 is 0 Å². The molecule has 0 spiro atoms. The van der Waals surface area contributed by atoms with Gasteiger partial charge in [0, 0.05) is 25.7 Å². The van der Waals surface area contributed by atoms with E-state index in [-0.39, 0.29) is 24.0 Å². The van der Waals surface area contributed by atoms with E-state index in [1.165, 1.54) is 0 Å². The van der Waals surface area contributed by atoms with Gasteiger partial charge in [0.25, 0.3) is 11.8 Å². The third kappa shape index (κ3) is 3.85. The predicted molar refractivity (Wildman–Crippen MR) is 87.5 cm³/mol. The minimum absolute atomic E-state index is 0.0762. The van der Waals surface area contributed by atoms with Crippen molar-refractivity contribution in [2.75, 3.05) is 19.7 Å². The molecule has 2 saturated heterocycles. The van der Waals surface area contributed by atoms with E-state index in [4.69, 9.17) is 16.3 Å². The second kappa shape index (κ2) is 7.32. The highest BCUT2D eigenvalue weighted by Crippen LogP contribution is 2.19. The molecule has 1 N–H and O–H groups in total. The van der Waals surface area contributed by atoms with Crippen molar-refractivity contribution in [2.45, 2.75) is 37.8 Å². The molecule has 2 aliphatic rings. The summed E-state index contributed by atoms with van der Waals surface area (Å²) in [6.07, 6.45) is 3.04. The number of piperidine rings is 1. The Bertz CT molecular complexity index is 579. The highest BCUT2D eigenvalue weighted by molar-refractivity contribution is 6.33. The van der Waals surface area contributed by atoms with Crippen LogP contribution in [0.3, 0.4) is 0 Å².